The highest BCUT2D eigenvalue weighted by atomic mass is 16.5. The van der Waals surface area contributed by atoms with E-state index in [4.69, 9.17) is 4.74 Å². The summed E-state index contributed by atoms with van der Waals surface area (Å²) in [6.07, 6.45) is 1.58. The van der Waals surface area contributed by atoms with Gasteiger partial charge in [-0.2, -0.15) is 0 Å². The minimum Gasteiger partial charge on any atom is -0.494 e. The largest absolute Gasteiger partial charge is 0.494 e. The second kappa shape index (κ2) is 7.90. The van der Waals surface area contributed by atoms with E-state index in [1.54, 1.807) is 0 Å². The lowest BCUT2D eigenvalue weighted by Gasteiger charge is -2.25. The first-order valence-electron chi connectivity index (χ1n) is 7.23. The molecule has 0 bridgehead atoms. The number of hydrogen-bond donors (Lipinski definition) is 2. The van der Waals surface area contributed by atoms with Crippen molar-refractivity contribution in [2.24, 2.45) is 0 Å². The molecule has 1 aromatic rings. The van der Waals surface area contributed by atoms with E-state index < -0.39 is 5.60 Å². The summed E-state index contributed by atoms with van der Waals surface area (Å²) < 4.78 is 5.35. The van der Waals surface area contributed by atoms with E-state index in [0.29, 0.717) is 32.4 Å². The van der Waals surface area contributed by atoms with Crippen molar-refractivity contribution < 1.29 is 14.6 Å². The summed E-state index contributed by atoms with van der Waals surface area (Å²) in [6.45, 7) is 6.70. The SMILES string of the molecule is CCOc1ccc(CC(=O)NCC(O)(CC)CC)cc1. The molecular weight excluding hydrogens is 254 g/mol. The summed E-state index contributed by atoms with van der Waals surface area (Å²) in [5, 5.41) is 12.9. The van der Waals surface area contributed by atoms with Crippen LogP contribution < -0.4 is 10.1 Å². The van der Waals surface area contributed by atoms with E-state index in [1.807, 2.05) is 45.0 Å². The van der Waals surface area contributed by atoms with Crippen molar-refractivity contribution in [3.63, 3.8) is 0 Å². The molecule has 4 nitrogen and oxygen atoms in total. The van der Waals surface area contributed by atoms with Gasteiger partial charge < -0.3 is 15.2 Å². The maximum absolute atomic E-state index is 11.8. The molecular formula is C16H25NO3. The average molecular weight is 279 g/mol. The van der Waals surface area contributed by atoms with Crippen molar-refractivity contribution in [2.45, 2.75) is 45.6 Å². The number of hydrogen-bond acceptors (Lipinski definition) is 3. The molecule has 2 N–H and O–H groups in total. The maximum Gasteiger partial charge on any atom is 0.224 e. The van der Waals surface area contributed by atoms with Crippen LogP contribution in [0.3, 0.4) is 0 Å². The van der Waals surface area contributed by atoms with E-state index in [0.717, 1.165) is 11.3 Å². The minimum absolute atomic E-state index is 0.0746. The van der Waals surface area contributed by atoms with Crippen LogP contribution in [0.4, 0.5) is 0 Å². The molecule has 0 saturated carbocycles. The van der Waals surface area contributed by atoms with Crippen LogP contribution in [0, 0.1) is 0 Å². The Balaban J connectivity index is 2.46. The van der Waals surface area contributed by atoms with Gasteiger partial charge in [-0.1, -0.05) is 26.0 Å². The summed E-state index contributed by atoms with van der Waals surface area (Å²) >= 11 is 0. The number of aliphatic hydroxyl groups is 1. The molecule has 1 aromatic carbocycles. The van der Waals surface area contributed by atoms with Crippen LogP contribution in [-0.4, -0.2) is 29.8 Å². The van der Waals surface area contributed by atoms with Gasteiger partial charge in [-0.05, 0) is 37.5 Å². The normalized spacial score (nSPS) is 11.2. The van der Waals surface area contributed by atoms with Crippen molar-refractivity contribution in [3.8, 4) is 5.75 Å². The zero-order chi connectivity index (χ0) is 15.0. The molecule has 4 heteroatoms. The zero-order valence-corrected chi connectivity index (χ0v) is 12.6. The Morgan fingerprint density at radius 1 is 1.20 bits per heavy atom. The Kier molecular flexibility index (Phi) is 6.52. The van der Waals surface area contributed by atoms with Crippen molar-refractivity contribution in [3.05, 3.63) is 29.8 Å². The van der Waals surface area contributed by atoms with Crippen LogP contribution in [0.25, 0.3) is 0 Å². The third-order valence-corrected chi connectivity index (χ3v) is 3.53. The van der Waals surface area contributed by atoms with Gasteiger partial charge >= 0.3 is 0 Å². The van der Waals surface area contributed by atoms with Crippen LogP contribution >= 0.6 is 0 Å². The molecule has 0 aliphatic heterocycles. The van der Waals surface area contributed by atoms with Gasteiger partial charge in [-0.3, -0.25) is 4.79 Å². The highest BCUT2D eigenvalue weighted by Gasteiger charge is 2.22. The summed E-state index contributed by atoms with van der Waals surface area (Å²) in [7, 11) is 0. The van der Waals surface area contributed by atoms with Crippen molar-refractivity contribution in [1.82, 2.24) is 5.32 Å². The summed E-state index contributed by atoms with van der Waals surface area (Å²) in [6, 6.07) is 7.49. The summed E-state index contributed by atoms with van der Waals surface area (Å²) in [4.78, 5) is 11.8. The van der Waals surface area contributed by atoms with Crippen LogP contribution in [0.1, 0.15) is 39.2 Å². The fraction of sp³-hybridized carbons (Fsp3) is 0.562. The molecule has 20 heavy (non-hydrogen) atoms. The Morgan fingerprint density at radius 2 is 1.80 bits per heavy atom. The van der Waals surface area contributed by atoms with Gasteiger partial charge in [-0.15, -0.1) is 0 Å². The lowest BCUT2D eigenvalue weighted by atomic mass is 9.97. The van der Waals surface area contributed by atoms with Crippen LogP contribution in [0.2, 0.25) is 0 Å². The zero-order valence-electron chi connectivity index (χ0n) is 12.6. The number of rotatable bonds is 8. The Hall–Kier alpha value is -1.55. The van der Waals surface area contributed by atoms with E-state index in [2.05, 4.69) is 5.32 Å². The van der Waals surface area contributed by atoms with Gasteiger partial charge in [0.2, 0.25) is 5.91 Å². The maximum atomic E-state index is 11.8. The number of nitrogens with one attached hydrogen (secondary N) is 1. The molecule has 0 aliphatic carbocycles. The predicted octanol–water partition coefficient (Wildman–Crippen LogP) is 2.30. The Labute approximate surface area is 121 Å². The van der Waals surface area contributed by atoms with E-state index in [9.17, 15) is 9.90 Å². The molecule has 112 valence electrons. The van der Waals surface area contributed by atoms with Gasteiger partial charge in [-0.25, -0.2) is 0 Å². The highest BCUT2D eigenvalue weighted by molar-refractivity contribution is 5.78. The number of carbonyl (C=O) groups excluding carboxylic acids is 1. The fourth-order valence-electron chi connectivity index (χ4n) is 1.88. The Morgan fingerprint density at radius 3 is 2.30 bits per heavy atom. The highest BCUT2D eigenvalue weighted by Crippen LogP contribution is 2.14. The average Bonchev–Trinajstić information content (AvgIpc) is 2.47. The Bertz CT molecular complexity index is 410. The fourth-order valence-corrected chi connectivity index (χ4v) is 1.88. The molecule has 0 fully saturated rings. The smallest absolute Gasteiger partial charge is 0.224 e. The molecule has 0 aliphatic rings. The van der Waals surface area contributed by atoms with E-state index >= 15 is 0 Å². The topological polar surface area (TPSA) is 58.6 Å². The van der Waals surface area contributed by atoms with E-state index in [1.165, 1.54) is 0 Å². The third-order valence-electron chi connectivity index (χ3n) is 3.53. The molecule has 0 saturated heterocycles. The summed E-state index contributed by atoms with van der Waals surface area (Å²) in [5.41, 5.74) is 0.136. The molecule has 1 amide bonds. The van der Waals surface area contributed by atoms with Gasteiger partial charge in [0.05, 0.1) is 18.6 Å². The first-order valence-corrected chi connectivity index (χ1v) is 7.23. The quantitative estimate of drug-likeness (QED) is 0.767. The van der Waals surface area contributed by atoms with Crippen LogP contribution in [0.5, 0.6) is 5.75 Å². The standard InChI is InChI=1S/C16H25NO3/c1-4-16(19,5-2)12-17-15(18)11-13-7-9-14(10-8-13)20-6-3/h7-10,19H,4-6,11-12H2,1-3H3,(H,17,18). The third kappa shape index (κ3) is 5.21. The van der Waals surface area contributed by atoms with Crippen molar-refractivity contribution in [2.75, 3.05) is 13.2 Å². The van der Waals surface area contributed by atoms with Crippen molar-refractivity contribution >= 4 is 5.91 Å². The second-order valence-corrected chi connectivity index (χ2v) is 4.96. The molecule has 0 heterocycles. The van der Waals surface area contributed by atoms with Crippen molar-refractivity contribution in [1.29, 1.82) is 0 Å². The lowest BCUT2D eigenvalue weighted by molar-refractivity contribution is -0.121. The van der Waals surface area contributed by atoms with Gasteiger partial charge in [0.15, 0.2) is 0 Å². The number of amides is 1. The minimum atomic E-state index is -0.797. The molecule has 0 aromatic heterocycles. The molecule has 0 atom stereocenters. The number of ether oxygens (including phenoxy) is 1. The van der Waals surface area contributed by atoms with Gasteiger partial charge in [0.25, 0.3) is 0 Å². The van der Waals surface area contributed by atoms with Crippen LogP contribution in [0.15, 0.2) is 24.3 Å². The molecule has 0 unspecified atom stereocenters. The lowest BCUT2D eigenvalue weighted by Crippen LogP contribution is -2.42. The summed E-state index contributed by atoms with van der Waals surface area (Å²) in [5.74, 6) is 0.734. The monoisotopic (exact) mass is 279 g/mol. The first-order chi connectivity index (χ1) is 9.53. The van der Waals surface area contributed by atoms with E-state index in [-0.39, 0.29) is 5.91 Å². The predicted molar refractivity (Wildman–Crippen MR) is 79.9 cm³/mol. The molecule has 0 spiro atoms. The first kappa shape index (κ1) is 16.5. The number of carbonyl (C=O) groups is 1. The van der Waals surface area contributed by atoms with Gasteiger partial charge in [0, 0.05) is 6.54 Å². The molecule has 1 rings (SSSR count). The van der Waals surface area contributed by atoms with Gasteiger partial charge in [0.1, 0.15) is 5.75 Å². The number of benzene rings is 1. The molecule has 0 radical (unpaired) electrons. The van der Waals surface area contributed by atoms with Crippen LogP contribution in [-0.2, 0) is 11.2 Å². The second-order valence-electron chi connectivity index (χ2n) is 4.96.